The lowest BCUT2D eigenvalue weighted by Crippen LogP contribution is -1.75. The van der Waals surface area contributed by atoms with Crippen LogP contribution in [0.4, 0.5) is 0 Å². The normalized spacial score (nSPS) is 9.75. The van der Waals surface area contributed by atoms with Gasteiger partial charge < -0.3 is 0 Å². The van der Waals surface area contributed by atoms with Crippen LogP contribution in [0.2, 0.25) is 5.02 Å². The van der Waals surface area contributed by atoms with Crippen LogP contribution in [0.15, 0.2) is 5.38 Å². The van der Waals surface area contributed by atoms with Crippen molar-refractivity contribution in [2.45, 2.75) is 13.3 Å². The molecule has 0 amide bonds. The lowest BCUT2D eigenvalue weighted by atomic mass is 10.3. The topological polar surface area (TPSA) is 12.9 Å². The molecule has 3 heteroatoms. The summed E-state index contributed by atoms with van der Waals surface area (Å²) in [7, 11) is 0. The van der Waals surface area contributed by atoms with Crippen LogP contribution >= 0.6 is 23.1 Å². The summed E-state index contributed by atoms with van der Waals surface area (Å²) in [6.45, 7) is 2.04. The average molecular weight is 148 g/mol. The third-order valence-corrected chi connectivity index (χ3v) is 2.05. The van der Waals surface area contributed by atoms with Gasteiger partial charge in [-0.3, -0.25) is 0 Å². The van der Waals surface area contributed by atoms with Crippen LogP contribution in [0.3, 0.4) is 0 Å². The number of hydrogen-bond donors (Lipinski definition) is 0. The summed E-state index contributed by atoms with van der Waals surface area (Å²) in [5.74, 6) is 0. The highest BCUT2D eigenvalue weighted by atomic mass is 35.5. The van der Waals surface area contributed by atoms with Crippen LogP contribution in [0.1, 0.15) is 12.6 Å². The summed E-state index contributed by atoms with van der Waals surface area (Å²) in [4.78, 5) is 0. The SMILES string of the molecule is CCc1nscc1Cl. The molecule has 0 fully saturated rings. The quantitative estimate of drug-likeness (QED) is 0.595. The second kappa shape index (κ2) is 2.46. The molecule has 44 valence electrons. The first kappa shape index (κ1) is 6.05. The van der Waals surface area contributed by atoms with Gasteiger partial charge in [-0.25, -0.2) is 0 Å². The Hall–Kier alpha value is -0.0800. The zero-order valence-electron chi connectivity index (χ0n) is 4.52. The standard InChI is InChI=1S/C5H6ClNS/c1-2-5-4(6)3-8-7-5/h3H,2H2,1H3. The summed E-state index contributed by atoms with van der Waals surface area (Å²) >= 11 is 7.10. The Morgan fingerprint density at radius 3 is 2.88 bits per heavy atom. The minimum Gasteiger partial charge on any atom is -0.196 e. The first-order valence-corrected chi connectivity index (χ1v) is 3.64. The maximum Gasteiger partial charge on any atom is 0.0745 e. The highest BCUT2D eigenvalue weighted by Gasteiger charge is 1.97. The molecule has 0 saturated heterocycles. The predicted octanol–water partition coefficient (Wildman–Crippen LogP) is 2.36. The van der Waals surface area contributed by atoms with Crippen LogP contribution in [0.5, 0.6) is 0 Å². The Morgan fingerprint density at radius 2 is 2.62 bits per heavy atom. The zero-order valence-corrected chi connectivity index (χ0v) is 6.09. The van der Waals surface area contributed by atoms with Crippen molar-refractivity contribution in [3.8, 4) is 0 Å². The van der Waals surface area contributed by atoms with Gasteiger partial charge in [-0.05, 0) is 18.0 Å². The molecule has 0 N–H and O–H groups in total. The average Bonchev–Trinajstić information content (AvgIpc) is 2.14. The first-order valence-electron chi connectivity index (χ1n) is 2.43. The Morgan fingerprint density at radius 1 is 1.88 bits per heavy atom. The third kappa shape index (κ3) is 1.01. The fourth-order valence-electron chi connectivity index (χ4n) is 0.481. The van der Waals surface area contributed by atoms with E-state index in [0.717, 1.165) is 17.1 Å². The van der Waals surface area contributed by atoms with Gasteiger partial charge in [0.15, 0.2) is 0 Å². The van der Waals surface area contributed by atoms with Crippen molar-refractivity contribution in [2.75, 3.05) is 0 Å². The van der Waals surface area contributed by atoms with E-state index >= 15 is 0 Å². The summed E-state index contributed by atoms with van der Waals surface area (Å²) in [6, 6.07) is 0. The van der Waals surface area contributed by atoms with E-state index in [1.807, 2.05) is 12.3 Å². The fraction of sp³-hybridized carbons (Fsp3) is 0.400. The molecule has 0 bridgehead atoms. The molecule has 1 aromatic rings. The summed E-state index contributed by atoms with van der Waals surface area (Å²) < 4.78 is 4.04. The molecule has 0 aliphatic rings. The van der Waals surface area contributed by atoms with Crippen LogP contribution in [-0.4, -0.2) is 4.37 Å². The molecule has 0 aliphatic heterocycles. The van der Waals surface area contributed by atoms with Crippen LogP contribution < -0.4 is 0 Å². The van der Waals surface area contributed by atoms with E-state index < -0.39 is 0 Å². The van der Waals surface area contributed by atoms with Crippen molar-refractivity contribution in [2.24, 2.45) is 0 Å². The number of nitrogens with zero attached hydrogens (tertiary/aromatic N) is 1. The third-order valence-electron chi connectivity index (χ3n) is 0.930. The van der Waals surface area contributed by atoms with Gasteiger partial charge in [0.1, 0.15) is 0 Å². The molecule has 1 aromatic heterocycles. The van der Waals surface area contributed by atoms with E-state index in [-0.39, 0.29) is 0 Å². The van der Waals surface area contributed by atoms with Crippen molar-refractivity contribution >= 4 is 23.1 Å². The molecule has 1 rings (SSSR count). The molecule has 0 aliphatic carbocycles. The van der Waals surface area contributed by atoms with Gasteiger partial charge in [0.2, 0.25) is 0 Å². The van der Waals surface area contributed by atoms with Crippen molar-refractivity contribution in [3.05, 3.63) is 16.1 Å². The maximum absolute atomic E-state index is 5.69. The summed E-state index contributed by atoms with van der Waals surface area (Å²) in [6.07, 6.45) is 0.933. The largest absolute Gasteiger partial charge is 0.196 e. The number of halogens is 1. The Kier molecular flexibility index (Phi) is 1.86. The van der Waals surface area contributed by atoms with E-state index in [1.165, 1.54) is 11.5 Å². The highest BCUT2D eigenvalue weighted by molar-refractivity contribution is 7.04. The minimum absolute atomic E-state index is 0.803. The van der Waals surface area contributed by atoms with Gasteiger partial charge in [0, 0.05) is 5.38 Å². The zero-order chi connectivity index (χ0) is 5.98. The number of aromatic nitrogens is 1. The lowest BCUT2D eigenvalue weighted by molar-refractivity contribution is 1.09. The highest BCUT2D eigenvalue weighted by Crippen LogP contribution is 2.16. The molecule has 0 aromatic carbocycles. The molecule has 0 radical (unpaired) electrons. The Balaban J connectivity index is 2.92. The van der Waals surface area contributed by atoms with Crippen LogP contribution in [0, 0.1) is 0 Å². The van der Waals surface area contributed by atoms with Gasteiger partial charge in [-0.2, -0.15) is 4.37 Å². The van der Waals surface area contributed by atoms with Crippen molar-refractivity contribution in [3.63, 3.8) is 0 Å². The van der Waals surface area contributed by atoms with E-state index in [1.54, 1.807) is 0 Å². The Bertz CT molecular complexity index is 173. The number of hydrogen-bond acceptors (Lipinski definition) is 2. The van der Waals surface area contributed by atoms with Gasteiger partial charge in [-0.15, -0.1) is 0 Å². The van der Waals surface area contributed by atoms with Gasteiger partial charge in [0.05, 0.1) is 10.7 Å². The Labute approximate surface area is 57.5 Å². The molecule has 1 heterocycles. The van der Waals surface area contributed by atoms with E-state index in [0.29, 0.717) is 0 Å². The predicted molar refractivity (Wildman–Crippen MR) is 36.5 cm³/mol. The molecule has 0 atom stereocenters. The van der Waals surface area contributed by atoms with E-state index in [2.05, 4.69) is 4.37 Å². The molecular weight excluding hydrogens is 142 g/mol. The molecule has 0 unspecified atom stereocenters. The van der Waals surface area contributed by atoms with Crippen molar-refractivity contribution in [1.82, 2.24) is 4.37 Å². The fourth-order valence-corrected chi connectivity index (χ4v) is 1.46. The minimum atomic E-state index is 0.803. The second-order valence-corrected chi connectivity index (χ2v) is 2.50. The second-order valence-electron chi connectivity index (χ2n) is 1.46. The summed E-state index contributed by atoms with van der Waals surface area (Å²) in [5, 5.41) is 2.65. The summed E-state index contributed by atoms with van der Waals surface area (Å²) in [5.41, 5.74) is 1.01. The smallest absolute Gasteiger partial charge is 0.0745 e. The first-order chi connectivity index (χ1) is 3.84. The van der Waals surface area contributed by atoms with Crippen LogP contribution in [-0.2, 0) is 6.42 Å². The van der Waals surface area contributed by atoms with Gasteiger partial charge in [0.25, 0.3) is 0 Å². The maximum atomic E-state index is 5.69. The molecule has 1 nitrogen and oxygen atoms in total. The van der Waals surface area contributed by atoms with Gasteiger partial charge >= 0.3 is 0 Å². The van der Waals surface area contributed by atoms with E-state index in [9.17, 15) is 0 Å². The molecule has 0 spiro atoms. The van der Waals surface area contributed by atoms with Crippen molar-refractivity contribution in [1.29, 1.82) is 0 Å². The number of aryl methyl sites for hydroxylation is 1. The van der Waals surface area contributed by atoms with E-state index in [4.69, 9.17) is 11.6 Å². The molecule has 0 saturated carbocycles. The molecular formula is C5H6ClNS. The number of rotatable bonds is 1. The van der Waals surface area contributed by atoms with Gasteiger partial charge in [-0.1, -0.05) is 18.5 Å². The molecule has 8 heavy (non-hydrogen) atoms. The van der Waals surface area contributed by atoms with Crippen molar-refractivity contribution < 1.29 is 0 Å². The van der Waals surface area contributed by atoms with Crippen LogP contribution in [0.25, 0.3) is 0 Å². The monoisotopic (exact) mass is 147 g/mol. The lowest BCUT2D eigenvalue weighted by Gasteiger charge is -1.83.